The van der Waals surface area contributed by atoms with Gasteiger partial charge in [0.05, 0.1) is 20.4 Å². The third kappa shape index (κ3) is 4.12. The lowest BCUT2D eigenvalue weighted by Crippen LogP contribution is -2.13. The molecule has 1 aromatic heterocycles. The highest BCUT2D eigenvalue weighted by atomic mass is 16.6. The molecule has 6 nitrogen and oxygen atoms in total. The van der Waals surface area contributed by atoms with Gasteiger partial charge in [0.1, 0.15) is 36.0 Å². The zero-order chi connectivity index (χ0) is 15.8. The van der Waals surface area contributed by atoms with Crippen molar-refractivity contribution in [3.05, 3.63) is 48.3 Å². The maximum absolute atomic E-state index is 12.0. The molecule has 0 fully saturated rings. The lowest BCUT2D eigenvalue weighted by molar-refractivity contribution is 0.0446. The Hall–Kier alpha value is -2.76. The molecule has 2 aromatic rings. The molecule has 0 saturated carbocycles. The predicted molar refractivity (Wildman–Crippen MR) is 79.6 cm³/mol. The number of carbonyl (C=O) groups is 1. The van der Waals surface area contributed by atoms with E-state index in [1.54, 1.807) is 49.8 Å². The van der Waals surface area contributed by atoms with Crippen molar-refractivity contribution in [3.8, 4) is 17.2 Å². The SMILES string of the molecule is COc1ccc(C(=O)OCCOc2cccnc2)c(OC)c1. The van der Waals surface area contributed by atoms with Gasteiger partial charge >= 0.3 is 5.97 Å². The van der Waals surface area contributed by atoms with Crippen molar-refractivity contribution in [2.75, 3.05) is 27.4 Å². The number of hydrogen-bond donors (Lipinski definition) is 0. The molecule has 0 amide bonds. The van der Waals surface area contributed by atoms with Crippen LogP contribution in [0.4, 0.5) is 0 Å². The molecule has 1 heterocycles. The van der Waals surface area contributed by atoms with Gasteiger partial charge in [-0.05, 0) is 24.3 Å². The molecule has 0 unspecified atom stereocenters. The molecule has 0 aliphatic rings. The highest BCUT2D eigenvalue weighted by Gasteiger charge is 2.14. The number of ether oxygens (including phenoxy) is 4. The largest absolute Gasteiger partial charge is 0.497 e. The molecule has 0 saturated heterocycles. The quantitative estimate of drug-likeness (QED) is 0.578. The second-order valence-electron chi connectivity index (χ2n) is 4.24. The van der Waals surface area contributed by atoms with Crippen LogP contribution in [0.2, 0.25) is 0 Å². The Morgan fingerprint density at radius 2 is 1.95 bits per heavy atom. The first kappa shape index (κ1) is 15.6. The molecule has 0 bridgehead atoms. The highest BCUT2D eigenvalue weighted by Crippen LogP contribution is 2.25. The van der Waals surface area contributed by atoms with Crippen molar-refractivity contribution in [1.29, 1.82) is 0 Å². The molecule has 1 aromatic carbocycles. The summed E-state index contributed by atoms with van der Waals surface area (Å²) < 4.78 is 20.8. The first-order chi connectivity index (χ1) is 10.7. The number of rotatable bonds is 7. The van der Waals surface area contributed by atoms with Crippen LogP contribution in [0, 0.1) is 0 Å². The molecule has 6 heteroatoms. The predicted octanol–water partition coefficient (Wildman–Crippen LogP) is 2.33. The third-order valence-corrected chi connectivity index (χ3v) is 2.85. The van der Waals surface area contributed by atoms with E-state index in [0.29, 0.717) is 22.8 Å². The van der Waals surface area contributed by atoms with Gasteiger partial charge in [0.2, 0.25) is 0 Å². The summed E-state index contributed by atoms with van der Waals surface area (Å²) >= 11 is 0. The minimum absolute atomic E-state index is 0.128. The van der Waals surface area contributed by atoms with E-state index < -0.39 is 5.97 Å². The van der Waals surface area contributed by atoms with Gasteiger partial charge in [-0.3, -0.25) is 4.98 Å². The van der Waals surface area contributed by atoms with Crippen LogP contribution in [0.25, 0.3) is 0 Å². The molecule has 2 rings (SSSR count). The Labute approximate surface area is 128 Å². The number of esters is 1. The summed E-state index contributed by atoms with van der Waals surface area (Å²) in [6.07, 6.45) is 3.25. The summed E-state index contributed by atoms with van der Waals surface area (Å²) in [5.41, 5.74) is 0.338. The third-order valence-electron chi connectivity index (χ3n) is 2.85. The minimum Gasteiger partial charge on any atom is -0.497 e. The fourth-order valence-electron chi connectivity index (χ4n) is 1.77. The van der Waals surface area contributed by atoms with Crippen molar-refractivity contribution in [1.82, 2.24) is 4.98 Å². The fourth-order valence-corrected chi connectivity index (χ4v) is 1.77. The van der Waals surface area contributed by atoms with E-state index in [0.717, 1.165) is 0 Å². The number of carbonyl (C=O) groups excluding carboxylic acids is 1. The maximum Gasteiger partial charge on any atom is 0.342 e. The molecule has 0 radical (unpaired) electrons. The number of hydrogen-bond acceptors (Lipinski definition) is 6. The monoisotopic (exact) mass is 303 g/mol. The molecule has 0 aliphatic carbocycles. The lowest BCUT2D eigenvalue weighted by Gasteiger charge is -2.10. The number of pyridine rings is 1. The van der Waals surface area contributed by atoms with Crippen LogP contribution < -0.4 is 14.2 Å². The number of nitrogens with zero attached hydrogens (tertiary/aromatic N) is 1. The zero-order valence-electron chi connectivity index (χ0n) is 12.4. The van der Waals surface area contributed by atoms with Gasteiger partial charge in [0, 0.05) is 12.3 Å². The van der Waals surface area contributed by atoms with E-state index in [1.165, 1.54) is 7.11 Å². The van der Waals surface area contributed by atoms with Crippen LogP contribution in [-0.4, -0.2) is 38.4 Å². The second kappa shape index (κ2) is 7.87. The van der Waals surface area contributed by atoms with Crippen molar-refractivity contribution >= 4 is 5.97 Å². The zero-order valence-corrected chi connectivity index (χ0v) is 12.4. The lowest BCUT2D eigenvalue weighted by atomic mass is 10.2. The summed E-state index contributed by atoms with van der Waals surface area (Å²) in [5.74, 6) is 1.15. The average Bonchev–Trinajstić information content (AvgIpc) is 2.58. The molecule has 22 heavy (non-hydrogen) atoms. The van der Waals surface area contributed by atoms with Crippen molar-refractivity contribution < 1.29 is 23.7 Å². The van der Waals surface area contributed by atoms with Gasteiger partial charge in [0.15, 0.2) is 0 Å². The van der Waals surface area contributed by atoms with Gasteiger partial charge in [0.25, 0.3) is 0 Å². The smallest absolute Gasteiger partial charge is 0.342 e. The topological polar surface area (TPSA) is 66.9 Å². The molecule has 0 N–H and O–H groups in total. The normalized spacial score (nSPS) is 9.91. The Balaban J connectivity index is 1.87. The summed E-state index contributed by atoms with van der Waals surface area (Å²) in [7, 11) is 3.03. The van der Waals surface area contributed by atoms with E-state index >= 15 is 0 Å². The van der Waals surface area contributed by atoms with Crippen molar-refractivity contribution in [2.45, 2.75) is 0 Å². The van der Waals surface area contributed by atoms with Gasteiger partial charge in [-0.25, -0.2) is 4.79 Å². The molecular weight excluding hydrogens is 286 g/mol. The minimum atomic E-state index is -0.478. The number of aromatic nitrogens is 1. The summed E-state index contributed by atoms with van der Waals surface area (Å²) in [6, 6.07) is 8.45. The van der Waals surface area contributed by atoms with Crippen LogP contribution >= 0.6 is 0 Å². The Kier molecular flexibility index (Phi) is 5.59. The molecular formula is C16H17NO5. The molecule has 0 atom stereocenters. The van der Waals surface area contributed by atoms with E-state index in [4.69, 9.17) is 18.9 Å². The van der Waals surface area contributed by atoms with Gasteiger partial charge in [-0.15, -0.1) is 0 Å². The molecule has 0 aliphatic heterocycles. The molecule has 116 valence electrons. The summed E-state index contributed by atoms with van der Waals surface area (Å²) in [6.45, 7) is 0.374. The van der Waals surface area contributed by atoms with Crippen molar-refractivity contribution in [3.63, 3.8) is 0 Å². The van der Waals surface area contributed by atoms with E-state index in [1.807, 2.05) is 0 Å². The van der Waals surface area contributed by atoms with Crippen molar-refractivity contribution in [2.24, 2.45) is 0 Å². The van der Waals surface area contributed by atoms with E-state index in [2.05, 4.69) is 4.98 Å². The number of benzene rings is 1. The first-order valence-corrected chi connectivity index (χ1v) is 6.66. The van der Waals surface area contributed by atoms with Gasteiger partial charge < -0.3 is 18.9 Å². The fraction of sp³-hybridized carbons (Fsp3) is 0.250. The highest BCUT2D eigenvalue weighted by molar-refractivity contribution is 5.92. The number of methoxy groups -OCH3 is 2. The maximum atomic E-state index is 12.0. The summed E-state index contributed by atoms with van der Waals surface area (Å²) in [4.78, 5) is 15.9. The summed E-state index contributed by atoms with van der Waals surface area (Å²) in [5, 5.41) is 0. The van der Waals surface area contributed by atoms with E-state index in [9.17, 15) is 4.79 Å². The van der Waals surface area contributed by atoms with Crippen LogP contribution in [0.1, 0.15) is 10.4 Å². The van der Waals surface area contributed by atoms with Gasteiger partial charge in [-0.2, -0.15) is 0 Å². The second-order valence-corrected chi connectivity index (χ2v) is 4.24. The Bertz CT molecular complexity index is 615. The van der Waals surface area contributed by atoms with Crippen LogP contribution in [0.5, 0.6) is 17.2 Å². The van der Waals surface area contributed by atoms with E-state index in [-0.39, 0.29) is 13.2 Å². The van der Waals surface area contributed by atoms with Crippen LogP contribution in [0.3, 0.4) is 0 Å². The average molecular weight is 303 g/mol. The standard InChI is InChI=1S/C16H17NO5/c1-19-12-5-6-14(15(10-12)20-2)16(18)22-9-8-21-13-4-3-7-17-11-13/h3-7,10-11H,8-9H2,1-2H3. The Morgan fingerprint density at radius 3 is 2.64 bits per heavy atom. The first-order valence-electron chi connectivity index (χ1n) is 6.66. The molecule has 0 spiro atoms. The van der Waals surface area contributed by atoms with Crippen LogP contribution in [-0.2, 0) is 4.74 Å². The van der Waals surface area contributed by atoms with Crippen LogP contribution in [0.15, 0.2) is 42.7 Å². The Morgan fingerprint density at radius 1 is 1.09 bits per heavy atom. The van der Waals surface area contributed by atoms with Gasteiger partial charge in [-0.1, -0.05) is 0 Å².